The van der Waals surface area contributed by atoms with E-state index < -0.39 is 11.9 Å². The molecule has 0 aromatic carbocycles. The normalized spacial score (nSPS) is 21.5. The van der Waals surface area contributed by atoms with Crippen molar-refractivity contribution in [2.24, 2.45) is 50.5 Å². The van der Waals surface area contributed by atoms with E-state index >= 15 is 0 Å². The molecule has 3 unspecified atom stereocenters. The van der Waals surface area contributed by atoms with Crippen molar-refractivity contribution >= 4 is 69.5 Å². The van der Waals surface area contributed by atoms with E-state index in [0.29, 0.717) is 45.4 Å². The van der Waals surface area contributed by atoms with Crippen LogP contribution >= 0.6 is 0 Å². The average molecular weight is 839 g/mol. The number of allylic oxidation sites excluding steroid dienone is 8. The Morgan fingerprint density at radius 1 is 0.869 bits per heavy atom. The molecular weight excluding hydrogens is 773 g/mol. The summed E-state index contributed by atoms with van der Waals surface area (Å²) in [5.74, 6) is -0.705. The molecule has 1 aromatic rings. The maximum absolute atomic E-state index is 14.2. The molecule has 61 heavy (non-hydrogen) atoms. The molecule has 9 nitrogen and oxygen atoms in total. The number of carbonyl (C=O) groups excluding carboxylic acids is 2. The Hall–Kier alpha value is -4.02. The minimum atomic E-state index is -1.20. The molecule has 0 spiro atoms. The zero-order chi connectivity index (χ0) is 43.2. The first kappa shape index (κ1) is 48.0. The summed E-state index contributed by atoms with van der Waals surface area (Å²) < 4.78 is 10.9. The molecule has 10 heteroatoms. The summed E-state index contributed by atoms with van der Waals surface area (Å²) in [7, 11) is 1.29. The molecule has 8 bridgehead atoms. The van der Waals surface area contributed by atoms with E-state index in [1.54, 1.807) is 6.26 Å². The van der Waals surface area contributed by atoms with Gasteiger partial charge in [-0.2, -0.15) is 0 Å². The quantitative estimate of drug-likeness (QED) is 0.0828. The van der Waals surface area contributed by atoms with Gasteiger partial charge in [-0.15, -0.1) is 16.8 Å². The summed E-state index contributed by atoms with van der Waals surface area (Å²) in [5, 5.41) is 15.1. The number of ether oxygens (including phenoxy) is 2. The van der Waals surface area contributed by atoms with Crippen molar-refractivity contribution < 1.29 is 24.2 Å². The van der Waals surface area contributed by atoms with Gasteiger partial charge in [0.1, 0.15) is 0 Å². The fourth-order valence-corrected chi connectivity index (χ4v) is 9.24. The summed E-state index contributed by atoms with van der Waals surface area (Å²) in [5.41, 5.74) is 9.41. The molecule has 0 amide bonds. The van der Waals surface area contributed by atoms with Crippen LogP contribution in [0, 0.1) is 42.4 Å². The zero-order valence-electron chi connectivity index (χ0n) is 38.5. The van der Waals surface area contributed by atoms with Crippen molar-refractivity contribution in [1.82, 2.24) is 4.98 Å². The first-order valence-corrected chi connectivity index (χ1v) is 22.5. The van der Waals surface area contributed by atoms with Crippen LogP contribution in [0.1, 0.15) is 144 Å². The van der Waals surface area contributed by atoms with E-state index in [0.717, 1.165) is 82.8 Å². The Morgan fingerprint density at radius 2 is 1.52 bits per heavy atom. The van der Waals surface area contributed by atoms with Gasteiger partial charge in [-0.05, 0) is 116 Å². The van der Waals surface area contributed by atoms with Crippen molar-refractivity contribution in [3.05, 3.63) is 86.2 Å². The number of aliphatic imine (C=N–C) groups is 3. The SMILES string of the molecule is CCC1=CC2=NC1=Cc1[n-]c3c(c1C)=C([O-])C(C(=O)OC)C=3C1=NC(=CC3=NC(=C2)C(C)=C3)[C@@H](C)[C@@H]1CCC(=O)O/C=C(\C)CCCC(C)CCCC(C)CCCC(C)C.[Mg+2]. The third kappa shape index (κ3) is 11.3. The van der Waals surface area contributed by atoms with E-state index in [1.807, 2.05) is 45.1 Å². The van der Waals surface area contributed by atoms with Gasteiger partial charge in [0, 0.05) is 29.7 Å². The Morgan fingerprint density at radius 3 is 2.20 bits per heavy atom. The van der Waals surface area contributed by atoms with Gasteiger partial charge in [-0.1, -0.05) is 98.1 Å². The van der Waals surface area contributed by atoms with Gasteiger partial charge in [0.2, 0.25) is 0 Å². The minimum absolute atomic E-state index is 0. The van der Waals surface area contributed by atoms with E-state index in [1.165, 1.54) is 45.6 Å². The number of esters is 2. The van der Waals surface area contributed by atoms with Crippen molar-refractivity contribution in [3.8, 4) is 0 Å². The van der Waals surface area contributed by atoms with Crippen molar-refractivity contribution in [3.63, 3.8) is 0 Å². The molecule has 4 aliphatic heterocycles. The van der Waals surface area contributed by atoms with Crippen molar-refractivity contribution in [2.75, 3.05) is 7.11 Å². The molecule has 6 rings (SSSR count). The van der Waals surface area contributed by atoms with Gasteiger partial charge in [0.15, 0.2) is 0 Å². The monoisotopic (exact) mass is 838 g/mol. The van der Waals surface area contributed by atoms with Crippen molar-refractivity contribution in [1.29, 1.82) is 0 Å². The second kappa shape index (κ2) is 21.4. The van der Waals surface area contributed by atoms with Gasteiger partial charge in [0.25, 0.3) is 0 Å². The Balaban J connectivity index is 0.00000704. The first-order chi connectivity index (χ1) is 28.7. The molecule has 5 atom stereocenters. The number of hydrogen-bond donors (Lipinski definition) is 0. The second-order valence-electron chi connectivity index (χ2n) is 18.4. The number of hydrogen-bond acceptors (Lipinski definition) is 8. The molecule has 0 saturated carbocycles. The minimum Gasteiger partial charge on any atom is -0.874 e. The predicted octanol–water partition coefficient (Wildman–Crippen LogP) is 8.68. The zero-order valence-corrected chi connectivity index (χ0v) is 39.9. The van der Waals surface area contributed by atoms with Gasteiger partial charge in [0.05, 0.1) is 42.1 Å². The van der Waals surface area contributed by atoms with Crippen LogP contribution < -0.4 is 20.7 Å². The largest absolute Gasteiger partial charge is 2.00 e. The predicted molar refractivity (Wildman–Crippen MR) is 247 cm³/mol. The Labute approximate surface area is 380 Å². The average Bonchev–Trinajstić information content (AvgIpc) is 3.98. The summed E-state index contributed by atoms with van der Waals surface area (Å²) in [4.78, 5) is 46.9. The van der Waals surface area contributed by atoms with Crippen LogP contribution in [0.5, 0.6) is 0 Å². The molecule has 322 valence electrons. The standard InChI is InChI=1S/C51H67N4O5.Mg/c1-11-36-24-38-25-40-33(7)23-37(52-40)26-41-34(8)39(21-22-44(56)60-28-32(6)20-14-19-31(5)18-13-17-30(4)16-12-15-29(2)3)48(54-41)46-47(51(58)59-10)50(57)45-35(9)42(55-49(45)46)27-43(36)53-38;/h23-31,34,39,47H,11-22H2,1-10H3,(H-,52,53,54,55,57);/q-1;+2/p-1/b32-28+;/t30?,31?,34-,39-,47?;/m0./s1. The maximum atomic E-state index is 14.2. The van der Waals surface area contributed by atoms with Gasteiger partial charge >= 0.3 is 35.0 Å². The third-order valence-corrected chi connectivity index (χ3v) is 13.0. The number of rotatable bonds is 18. The van der Waals surface area contributed by atoms with E-state index in [9.17, 15) is 14.7 Å². The summed E-state index contributed by atoms with van der Waals surface area (Å²) in [6.45, 7) is 19.5. The van der Waals surface area contributed by atoms with Crippen LogP contribution in [0.4, 0.5) is 0 Å². The first-order valence-electron chi connectivity index (χ1n) is 22.5. The Kier molecular flexibility index (Phi) is 16.8. The molecule has 0 fully saturated rings. The summed E-state index contributed by atoms with van der Waals surface area (Å²) in [6, 6.07) is 0. The number of carbonyl (C=O) groups is 2. The van der Waals surface area contributed by atoms with Crippen LogP contribution in [0.15, 0.2) is 79.4 Å². The van der Waals surface area contributed by atoms with E-state index in [-0.39, 0.29) is 53.0 Å². The number of nitrogens with zero attached hydrogens (tertiary/aromatic N) is 4. The van der Waals surface area contributed by atoms with Crippen LogP contribution in [-0.4, -0.2) is 59.2 Å². The van der Waals surface area contributed by atoms with Crippen LogP contribution in [0.25, 0.3) is 17.4 Å². The second-order valence-corrected chi connectivity index (χ2v) is 18.4. The van der Waals surface area contributed by atoms with Crippen molar-refractivity contribution in [2.45, 2.75) is 139 Å². The summed E-state index contributed by atoms with van der Waals surface area (Å²) in [6.07, 6.45) is 23.9. The van der Waals surface area contributed by atoms with Crippen LogP contribution in [0.3, 0.4) is 0 Å². The molecule has 5 heterocycles. The van der Waals surface area contributed by atoms with Crippen LogP contribution in [0.2, 0.25) is 0 Å². The van der Waals surface area contributed by atoms with Gasteiger partial charge in [-0.25, -0.2) is 9.98 Å². The number of methoxy groups -OCH3 is 1. The van der Waals surface area contributed by atoms with Gasteiger partial charge < -0.3 is 19.6 Å². The van der Waals surface area contributed by atoms with Crippen LogP contribution in [-0.2, 0) is 19.1 Å². The molecule has 0 radical (unpaired) electrons. The fourth-order valence-electron chi connectivity index (χ4n) is 9.24. The number of fused-ring (bicyclic) bond motifs is 5. The molecule has 0 N–H and O–H groups in total. The molecule has 5 aliphatic rings. The molecule has 1 aromatic heterocycles. The topological polar surface area (TPSA) is 127 Å². The molecular formula is C51H66MgN4O5. The molecule has 1 aliphatic carbocycles. The van der Waals surface area contributed by atoms with Gasteiger partial charge in [-0.3, -0.25) is 14.6 Å². The smallest absolute Gasteiger partial charge is 0.874 e. The van der Waals surface area contributed by atoms with E-state index in [4.69, 9.17) is 29.4 Å². The summed E-state index contributed by atoms with van der Waals surface area (Å²) >= 11 is 0. The maximum Gasteiger partial charge on any atom is 2.00 e. The number of aromatic nitrogens is 1. The third-order valence-electron chi connectivity index (χ3n) is 13.0. The van der Waals surface area contributed by atoms with E-state index in [2.05, 4.69) is 47.6 Å². The fraction of sp³-hybridized carbons (Fsp3) is 0.549. The molecule has 0 saturated heterocycles. The Bertz CT molecular complexity index is 2280.